The molecule has 0 saturated carbocycles. The van der Waals surface area contributed by atoms with Crippen LogP contribution in [0.15, 0.2) is 22.8 Å². The predicted molar refractivity (Wildman–Crippen MR) is 68.4 cm³/mol. The first-order chi connectivity index (χ1) is 9.15. The van der Waals surface area contributed by atoms with E-state index in [0.29, 0.717) is 34.1 Å². The van der Waals surface area contributed by atoms with Crippen molar-refractivity contribution in [2.45, 2.75) is 13.8 Å². The molecule has 3 rings (SSSR count). The highest BCUT2D eigenvalue weighted by atomic mass is 16.3. The standard InChI is InChI=1S/C12H11N5O2/c1-6-9-11(14-7(2)18)16-17-12(9)15-10(13-6)8-4-3-5-19-8/h3-5H,1-2H3,(H2,13,14,15,16,17,18). The molecular weight excluding hydrogens is 246 g/mol. The molecule has 0 saturated heterocycles. The van der Waals surface area contributed by atoms with Crippen LogP contribution >= 0.6 is 0 Å². The van der Waals surface area contributed by atoms with Crippen molar-refractivity contribution in [1.82, 2.24) is 20.2 Å². The number of fused-ring (bicyclic) bond motifs is 1. The second-order valence-corrected chi connectivity index (χ2v) is 4.09. The van der Waals surface area contributed by atoms with Crippen LogP contribution in [0, 0.1) is 6.92 Å². The minimum absolute atomic E-state index is 0.192. The Morgan fingerprint density at radius 2 is 2.26 bits per heavy atom. The zero-order valence-electron chi connectivity index (χ0n) is 10.4. The number of aryl methyl sites for hydroxylation is 1. The van der Waals surface area contributed by atoms with Gasteiger partial charge in [-0.15, -0.1) is 0 Å². The SMILES string of the molecule is CC(=O)Nc1n[nH]c2nc(-c3ccco3)nc(C)c12. The Kier molecular flexibility index (Phi) is 2.52. The molecule has 0 bridgehead atoms. The van der Waals surface area contributed by atoms with Crippen LogP contribution in [0.3, 0.4) is 0 Å². The largest absolute Gasteiger partial charge is 0.461 e. The van der Waals surface area contributed by atoms with Crippen molar-refractivity contribution in [2.24, 2.45) is 0 Å². The third kappa shape index (κ3) is 1.95. The third-order valence-electron chi connectivity index (χ3n) is 2.64. The van der Waals surface area contributed by atoms with Crippen molar-refractivity contribution in [3.05, 3.63) is 24.1 Å². The summed E-state index contributed by atoms with van der Waals surface area (Å²) in [5.74, 6) is 1.31. The molecule has 0 aromatic carbocycles. The lowest BCUT2D eigenvalue weighted by atomic mass is 10.2. The quantitative estimate of drug-likeness (QED) is 0.730. The Morgan fingerprint density at radius 1 is 1.42 bits per heavy atom. The number of nitrogens with zero attached hydrogens (tertiary/aromatic N) is 3. The lowest BCUT2D eigenvalue weighted by Crippen LogP contribution is -2.06. The van der Waals surface area contributed by atoms with E-state index in [2.05, 4.69) is 25.5 Å². The number of aromatic amines is 1. The lowest BCUT2D eigenvalue weighted by Gasteiger charge is -2.01. The molecule has 0 aliphatic carbocycles. The fourth-order valence-corrected chi connectivity index (χ4v) is 1.88. The van der Waals surface area contributed by atoms with Crippen LogP contribution in [-0.4, -0.2) is 26.1 Å². The molecule has 3 aromatic rings. The average molecular weight is 257 g/mol. The zero-order chi connectivity index (χ0) is 13.4. The van der Waals surface area contributed by atoms with E-state index in [1.807, 2.05) is 6.92 Å². The molecule has 96 valence electrons. The van der Waals surface area contributed by atoms with Crippen LogP contribution in [0.5, 0.6) is 0 Å². The molecule has 3 aromatic heterocycles. The van der Waals surface area contributed by atoms with Gasteiger partial charge >= 0.3 is 0 Å². The fourth-order valence-electron chi connectivity index (χ4n) is 1.88. The Balaban J connectivity index is 2.16. The van der Waals surface area contributed by atoms with Crippen LogP contribution in [0.25, 0.3) is 22.6 Å². The number of aromatic nitrogens is 4. The molecule has 19 heavy (non-hydrogen) atoms. The van der Waals surface area contributed by atoms with Gasteiger partial charge in [0, 0.05) is 6.92 Å². The van der Waals surface area contributed by atoms with Crippen molar-refractivity contribution in [3.8, 4) is 11.6 Å². The van der Waals surface area contributed by atoms with E-state index in [0.717, 1.165) is 0 Å². The number of carbonyl (C=O) groups excluding carboxylic acids is 1. The predicted octanol–water partition coefficient (Wildman–Crippen LogP) is 1.88. The summed E-state index contributed by atoms with van der Waals surface area (Å²) < 4.78 is 5.27. The minimum atomic E-state index is -0.192. The van der Waals surface area contributed by atoms with Gasteiger partial charge in [0.15, 0.2) is 23.0 Å². The molecular formula is C12H11N5O2. The van der Waals surface area contributed by atoms with E-state index < -0.39 is 0 Å². The Hall–Kier alpha value is -2.70. The van der Waals surface area contributed by atoms with Crippen molar-refractivity contribution in [3.63, 3.8) is 0 Å². The molecule has 3 heterocycles. The molecule has 0 unspecified atom stereocenters. The summed E-state index contributed by atoms with van der Waals surface area (Å²) >= 11 is 0. The monoisotopic (exact) mass is 257 g/mol. The molecule has 0 aliphatic heterocycles. The molecule has 0 spiro atoms. The van der Waals surface area contributed by atoms with Crippen LogP contribution in [-0.2, 0) is 4.79 Å². The molecule has 7 heteroatoms. The molecule has 1 amide bonds. The van der Waals surface area contributed by atoms with Gasteiger partial charge < -0.3 is 9.73 Å². The Bertz CT molecular complexity index is 745. The van der Waals surface area contributed by atoms with E-state index in [-0.39, 0.29) is 5.91 Å². The van der Waals surface area contributed by atoms with Crippen molar-refractivity contribution >= 4 is 22.8 Å². The second-order valence-electron chi connectivity index (χ2n) is 4.09. The number of anilines is 1. The van der Waals surface area contributed by atoms with Gasteiger partial charge in [-0.3, -0.25) is 9.89 Å². The highest BCUT2D eigenvalue weighted by molar-refractivity contribution is 5.98. The summed E-state index contributed by atoms with van der Waals surface area (Å²) in [5.41, 5.74) is 1.27. The number of rotatable bonds is 2. The van der Waals surface area contributed by atoms with Crippen molar-refractivity contribution in [1.29, 1.82) is 0 Å². The van der Waals surface area contributed by atoms with Crippen LogP contribution in [0.2, 0.25) is 0 Å². The van der Waals surface area contributed by atoms with E-state index >= 15 is 0 Å². The summed E-state index contributed by atoms with van der Waals surface area (Å²) in [5, 5.41) is 10.1. The van der Waals surface area contributed by atoms with Crippen LogP contribution < -0.4 is 5.32 Å². The van der Waals surface area contributed by atoms with Gasteiger partial charge in [-0.25, -0.2) is 9.97 Å². The maximum atomic E-state index is 11.1. The molecule has 0 aliphatic rings. The maximum absolute atomic E-state index is 11.1. The van der Waals surface area contributed by atoms with E-state index in [9.17, 15) is 4.79 Å². The molecule has 0 radical (unpaired) electrons. The number of nitrogens with one attached hydrogen (secondary N) is 2. The van der Waals surface area contributed by atoms with Gasteiger partial charge in [-0.1, -0.05) is 0 Å². The number of carbonyl (C=O) groups is 1. The first-order valence-corrected chi connectivity index (χ1v) is 5.69. The van der Waals surface area contributed by atoms with Gasteiger partial charge in [-0.05, 0) is 19.1 Å². The molecule has 0 atom stereocenters. The minimum Gasteiger partial charge on any atom is -0.461 e. The average Bonchev–Trinajstić information content (AvgIpc) is 2.97. The van der Waals surface area contributed by atoms with E-state index in [4.69, 9.17) is 4.42 Å². The number of hydrogen-bond acceptors (Lipinski definition) is 5. The lowest BCUT2D eigenvalue weighted by molar-refractivity contribution is -0.114. The normalized spacial score (nSPS) is 10.8. The summed E-state index contributed by atoms with van der Waals surface area (Å²) in [6, 6.07) is 3.56. The highest BCUT2D eigenvalue weighted by Gasteiger charge is 2.15. The summed E-state index contributed by atoms with van der Waals surface area (Å²) in [4.78, 5) is 19.8. The first kappa shape index (κ1) is 11.4. The Morgan fingerprint density at radius 3 is 2.95 bits per heavy atom. The van der Waals surface area contributed by atoms with Gasteiger partial charge in [0.1, 0.15) is 0 Å². The summed E-state index contributed by atoms with van der Waals surface area (Å²) in [6.07, 6.45) is 1.56. The summed E-state index contributed by atoms with van der Waals surface area (Å²) in [6.45, 7) is 3.26. The second kappa shape index (κ2) is 4.20. The number of amides is 1. The molecule has 7 nitrogen and oxygen atoms in total. The van der Waals surface area contributed by atoms with Gasteiger partial charge in [0.25, 0.3) is 0 Å². The zero-order valence-corrected chi connectivity index (χ0v) is 10.4. The molecule has 0 fully saturated rings. The number of furan rings is 1. The van der Waals surface area contributed by atoms with E-state index in [1.54, 1.807) is 18.4 Å². The fraction of sp³-hybridized carbons (Fsp3) is 0.167. The van der Waals surface area contributed by atoms with Crippen molar-refractivity contribution < 1.29 is 9.21 Å². The Labute approximate surface area is 108 Å². The van der Waals surface area contributed by atoms with Gasteiger partial charge in [0.05, 0.1) is 17.3 Å². The highest BCUT2D eigenvalue weighted by Crippen LogP contribution is 2.25. The van der Waals surface area contributed by atoms with Gasteiger partial charge in [0.2, 0.25) is 5.91 Å². The van der Waals surface area contributed by atoms with Crippen molar-refractivity contribution in [2.75, 3.05) is 5.32 Å². The number of H-pyrrole nitrogens is 1. The van der Waals surface area contributed by atoms with Crippen LogP contribution in [0.1, 0.15) is 12.6 Å². The smallest absolute Gasteiger partial charge is 0.222 e. The van der Waals surface area contributed by atoms with Crippen LogP contribution in [0.4, 0.5) is 5.82 Å². The summed E-state index contributed by atoms with van der Waals surface area (Å²) in [7, 11) is 0. The number of hydrogen-bond donors (Lipinski definition) is 2. The first-order valence-electron chi connectivity index (χ1n) is 5.69. The van der Waals surface area contributed by atoms with Gasteiger partial charge in [-0.2, -0.15) is 5.10 Å². The topological polar surface area (TPSA) is 96.7 Å². The van der Waals surface area contributed by atoms with E-state index in [1.165, 1.54) is 6.92 Å². The maximum Gasteiger partial charge on any atom is 0.222 e. The molecule has 2 N–H and O–H groups in total. The third-order valence-corrected chi connectivity index (χ3v) is 2.64.